The Bertz CT molecular complexity index is 75.6. The normalized spacial score (nSPS) is 15.7. The Morgan fingerprint density at radius 2 is 1.78 bits per heavy atom. The molecular formula is C6H16OSSi. The highest BCUT2D eigenvalue weighted by Crippen LogP contribution is 2.19. The van der Waals surface area contributed by atoms with Gasteiger partial charge in [-0.15, -0.1) is 11.8 Å². The van der Waals surface area contributed by atoms with Crippen molar-refractivity contribution in [3.63, 3.8) is 0 Å². The lowest BCUT2D eigenvalue weighted by atomic mass is 11.5. The van der Waals surface area contributed by atoms with Crippen molar-refractivity contribution in [2.75, 3.05) is 13.4 Å². The zero-order valence-electron chi connectivity index (χ0n) is 6.89. The van der Waals surface area contributed by atoms with Gasteiger partial charge in [0.25, 0.3) is 0 Å². The smallest absolute Gasteiger partial charge is 0.0913 e. The first-order valence-corrected chi connectivity index (χ1v) is 7.94. The maximum absolute atomic E-state index is 5.29. The average Bonchev–Trinajstić information content (AvgIpc) is 1.65. The Morgan fingerprint density at radius 1 is 1.33 bits per heavy atom. The number of methoxy groups -OCH3 is 1. The van der Waals surface area contributed by atoms with Gasteiger partial charge in [-0.2, -0.15) is 0 Å². The van der Waals surface area contributed by atoms with Crippen molar-refractivity contribution in [3.05, 3.63) is 0 Å². The summed E-state index contributed by atoms with van der Waals surface area (Å²) < 4.78 is 5.29. The molecule has 3 heteroatoms. The summed E-state index contributed by atoms with van der Waals surface area (Å²) in [4.78, 5) is 0. The fourth-order valence-electron chi connectivity index (χ4n) is 0.803. The maximum Gasteiger partial charge on any atom is 0.0913 e. The quantitative estimate of drug-likeness (QED) is 0.467. The van der Waals surface area contributed by atoms with E-state index in [0.29, 0.717) is 5.06 Å². The molecule has 0 aliphatic carbocycles. The summed E-state index contributed by atoms with van der Waals surface area (Å²) in [7, 11) is 0.745. The van der Waals surface area contributed by atoms with E-state index in [2.05, 4.69) is 25.9 Å². The van der Waals surface area contributed by atoms with Gasteiger partial charge in [-0.3, -0.25) is 0 Å². The third kappa shape index (κ3) is 3.28. The minimum absolute atomic E-state index is 0.456. The summed E-state index contributed by atoms with van der Waals surface area (Å²) in [5.74, 6) is 0. The van der Waals surface area contributed by atoms with E-state index in [1.165, 1.54) is 0 Å². The van der Waals surface area contributed by atoms with E-state index >= 15 is 0 Å². The Hall–Kier alpha value is 0.527. The molecule has 0 amide bonds. The number of hydrogen-bond acceptors (Lipinski definition) is 2. The number of thioether (sulfide) groups is 1. The highest BCUT2D eigenvalue weighted by molar-refractivity contribution is 8.00. The first-order valence-electron chi connectivity index (χ1n) is 3.08. The van der Waals surface area contributed by atoms with Gasteiger partial charge in [-0.05, 0) is 6.26 Å². The van der Waals surface area contributed by atoms with Crippen LogP contribution in [0.4, 0.5) is 0 Å². The van der Waals surface area contributed by atoms with Crippen LogP contribution in [0.1, 0.15) is 0 Å². The predicted molar refractivity (Wildman–Crippen MR) is 47.7 cm³/mol. The number of hydrogen-bond donors (Lipinski definition) is 0. The molecule has 0 aliphatic rings. The molecule has 9 heavy (non-hydrogen) atoms. The SMILES string of the molecule is COC(SC)[Si](C)(C)C. The molecule has 0 rings (SSSR count). The summed E-state index contributed by atoms with van der Waals surface area (Å²) in [6.07, 6.45) is 2.10. The van der Waals surface area contributed by atoms with Crippen molar-refractivity contribution in [3.8, 4) is 0 Å². The molecule has 1 nitrogen and oxygen atoms in total. The van der Waals surface area contributed by atoms with Crippen LogP contribution in [-0.4, -0.2) is 26.5 Å². The standard InChI is InChI=1S/C6H16OSSi/c1-7-6(8-2)9(3,4)5/h6H,1-5H3. The Morgan fingerprint density at radius 3 is 1.78 bits per heavy atom. The summed E-state index contributed by atoms with van der Waals surface area (Å²) in [6, 6.07) is 0. The van der Waals surface area contributed by atoms with E-state index in [4.69, 9.17) is 4.74 Å². The summed E-state index contributed by atoms with van der Waals surface area (Å²) in [6.45, 7) is 6.95. The molecule has 0 N–H and O–H groups in total. The van der Waals surface area contributed by atoms with Crippen LogP contribution in [0.15, 0.2) is 0 Å². The Kier molecular flexibility index (Phi) is 3.85. The lowest BCUT2D eigenvalue weighted by Gasteiger charge is -2.25. The van der Waals surface area contributed by atoms with Crippen LogP contribution in [-0.2, 0) is 4.74 Å². The fourth-order valence-corrected chi connectivity index (χ4v) is 4.53. The second-order valence-corrected chi connectivity index (χ2v) is 9.74. The van der Waals surface area contributed by atoms with Crippen molar-refractivity contribution < 1.29 is 4.74 Å². The van der Waals surface area contributed by atoms with Crippen LogP contribution in [0.3, 0.4) is 0 Å². The van der Waals surface area contributed by atoms with E-state index in [0.717, 1.165) is 0 Å². The molecule has 1 atom stereocenters. The highest BCUT2D eigenvalue weighted by atomic mass is 32.2. The molecule has 1 unspecified atom stereocenters. The van der Waals surface area contributed by atoms with E-state index in [1.54, 1.807) is 7.11 Å². The topological polar surface area (TPSA) is 9.23 Å². The van der Waals surface area contributed by atoms with Crippen molar-refractivity contribution in [1.82, 2.24) is 0 Å². The summed E-state index contributed by atoms with van der Waals surface area (Å²) in [5.41, 5.74) is 0. The van der Waals surface area contributed by atoms with Crippen LogP contribution in [0, 0.1) is 0 Å². The first kappa shape index (κ1) is 9.53. The van der Waals surface area contributed by atoms with Gasteiger partial charge >= 0.3 is 0 Å². The third-order valence-electron chi connectivity index (χ3n) is 1.14. The molecule has 0 radical (unpaired) electrons. The van der Waals surface area contributed by atoms with Gasteiger partial charge in [0.05, 0.1) is 13.1 Å². The molecule has 0 saturated heterocycles. The zero-order valence-corrected chi connectivity index (χ0v) is 8.71. The van der Waals surface area contributed by atoms with Gasteiger partial charge in [0.15, 0.2) is 0 Å². The third-order valence-corrected chi connectivity index (χ3v) is 6.23. The van der Waals surface area contributed by atoms with Gasteiger partial charge in [-0.25, -0.2) is 0 Å². The van der Waals surface area contributed by atoms with Crippen molar-refractivity contribution in [1.29, 1.82) is 0 Å². The molecule has 0 spiro atoms. The second-order valence-electron chi connectivity index (χ2n) is 3.17. The predicted octanol–water partition coefficient (Wildman–Crippen LogP) is 2.20. The molecular weight excluding hydrogens is 148 g/mol. The summed E-state index contributed by atoms with van der Waals surface area (Å²) in [5, 5.41) is 0.456. The van der Waals surface area contributed by atoms with Crippen LogP contribution < -0.4 is 0 Å². The summed E-state index contributed by atoms with van der Waals surface area (Å²) >= 11 is 1.82. The van der Waals surface area contributed by atoms with Crippen molar-refractivity contribution in [2.45, 2.75) is 24.7 Å². The van der Waals surface area contributed by atoms with Crippen LogP contribution in [0.25, 0.3) is 0 Å². The lowest BCUT2D eigenvalue weighted by Crippen LogP contribution is -2.36. The van der Waals surface area contributed by atoms with Crippen LogP contribution >= 0.6 is 11.8 Å². The molecule has 0 aliphatic heterocycles. The molecule has 0 aromatic carbocycles. The molecule has 0 bridgehead atoms. The Labute approximate surface area is 63.2 Å². The highest BCUT2D eigenvalue weighted by Gasteiger charge is 2.25. The van der Waals surface area contributed by atoms with Crippen LogP contribution in [0.2, 0.25) is 19.6 Å². The number of ether oxygens (including phenoxy) is 1. The lowest BCUT2D eigenvalue weighted by molar-refractivity contribution is 0.222. The first-order chi connectivity index (χ1) is 4.02. The minimum Gasteiger partial charge on any atom is -0.375 e. The molecule has 0 aromatic heterocycles. The van der Waals surface area contributed by atoms with Crippen molar-refractivity contribution >= 4 is 19.8 Å². The molecule has 0 fully saturated rings. The molecule has 0 aromatic rings. The van der Waals surface area contributed by atoms with Gasteiger partial charge in [0, 0.05) is 7.11 Å². The van der Waals surface area contributed by atoms with E-state index < -0.39 is 8.07 Å². The van der Waals surface area contributed by atoms with E-state index in [1.807, 2.05) is 11.8 Å². The second kappa shape index (κ2) is 3.64. The zero-order chi connectivity index (χ0) is 7.49. The molecule has 0 heterocycles. The minimum atomic E-state index is -1.05. The van der Waals surface area contributed by atoms with E-state index in [9.17, 15) is 0 Å². The maximum atomic E-state index is 5.29. The van der Waals surface area contributed by atoms with Gasteiger partial charge in [0.2, 0.25) is 0 Å². The molecule has 56 valence electrons. The van der Waals surface area contributed by atoms with Gasteiger partial charge in [0.1, 0.15) is 0 Å². The Balaban J connectivity index is 3.79. The van der Waals surface area contributed by atoms with E-state index in [-0.39, 0.29) is 0 Å². The molecule has 0 saturated carbocycles. The van der Waals surface area contributed by atoms with Crippen LogP contribution in [0.5, 0.6) is 0 Å². The van der Waals surface area contributed by atoms with Gasteiger partial charge < -0.3 is 4.74 Å². The fraction of sp³-hybridized carbons (Fsp3) is 1.00. The largest absolute Gasteiger partial charge is 0.375 e. The monoisotopic (exact) mass is 164 g/mol. The van der Waals surface area contributed by atoms with Crippen molar-refractivity contribution in [2.24, 2.45) is 0 Å². The average molecular weight is 164 g/mol. The van der Waals surface area contributed by atoms with Gasteiger partial charge in [-0.1, -0.05) is 19.6 Å². The number of rotatable bonds is 3.